The van der Waals surface area contributed by atoms with Gasteiger partial charge >= 0.3 is 0 Å². The molecule has 0 radical (unpaired) electrons. The topological polar surface area (TPSA) is 75.3 Å². The molecule has 0 heterocycles. The summed E-state index contributed by atoms with van der Waals surface area (Å²) in [4.78, 5) is 12.7. The molecule has 5 nitrogen and oxygen atoms in total. The van der Waals surface area contributed by atoms with Crippen LogP contribution in [0.3, 0.4) is 0 Å². The highest BCUT2D eigenvalue weighted by Crippen LogP contribution is 2.26. The molecule has 0 saturated heterocycles. The number of amides is 1. The lowest BCUT2D eigenvalue weighted by Crippen LogP contribution is -2.28. The number of benzene rings is 3. The molecular formula is C24H25ClN2O3S. The first-order chi connectivity index (χ1) is 14.7. The maximum Gasteiger partial charge on any atom is 0.263 e. The second kappa shape index (κ2) is 9.54. The SMILES string of the molecule is CC[C@H](NC(=O)c1ccc(Cl)c(S(=O)(=O)Nc2ccc(C)cc2)c1)c1ccc(C)cc1. The van der Waals surface area contributed by atoms with Crippen molar-refractivity contribution in [1.82, 2.24) is 5.32 Å². The zero-order valence-corrected chi connectivity index (χ0v) is 19.2. The third-order valence-electron chi connectivity index (χ3n) is 4.98. The van der Waals surface area contributed by atoms with E-state index in [1.807, 2.05) is 45.0 Å². The Hall–Kier alpha value is -2.83. The van der Waals surface area contributed by atoms with Crippen LogP contribution < -0.4 is 10.0 Å². The molecule has 0 spiro atoms. The van der Waals surface area contributed by atoms with Crippen LogP contribution in [0, 0.1) is 13.8 Å². The number of carbonyl (C=O) groups excluding carboxylic acids is 1. The van der Waals surface area contributed by atoms with E-state index < -0.39 is 10.0 Å². The molecule has 0 aliphatic heterocycles. The molecule has 7 heteroatoms. The maximum atomic E-state index is 12.9. The van der Waals surface area contributed by atoms with E-state index in [1.165, 1.54) is 18.2 Å². The van der Waals surface area contributed by atoms with E-state index in [9.17, 15) is 13.2 Å². The Kier molecular flexibility index (Phi) is 7.03. The lowest BCUT2D eigenvalue weighted by atomic mass is 10.0. The van der Waals surface area contributed by atoms with Gasteiger partial charge in [0.2, 0.25) is 0 Å². The maximum absolute atomic E-state index is 12.9. The van der Waals surface area contributed by atoms with Gasteiger partial charge in [0.25, 0.3) is 15.9 Å². The molecule has 1 amide bonds. The van der Waals surface area contributed by atoms with E-state index in [-0.39, 0.29) is 27.4 Å². The van der Waals surface area contributed by atoms with Crippen LogP contribution in [0.4, 0.5) is 5.69 Å². The molecule has 0 aliphatic carbocycles. The molecule has 1 atom stereocenters. The molecule has 0 saturated carbocycles. The van der Waals surface area contributed by atoms with E-state index in [4.69, 9.17) is 11.6 Å². The molecule has 3 aromatic carbocycles. The zero-order valence-electron chi connectivity index (χ0n) is 17.6. The van der Waals surface area contributed by atoms with Crippen LogP contribution in [-0.2, 0) is 10.0 Å². The third-order valence-corrected chi connectivity index (χ3v) is 6.84. The highest BCUT2D eigenvalue weighted by Gasteiger charge is 2.21. The van der Waals surface area contributed by atoms with E-state index in [2.05, 4.69) is 10.0 Å². The quantitative estimate of drug-likeness (QED) is 0.483. The van der Waals surface area contributed by atoms with Crippen molar-refractivity contribution in [2.24, 2.45) is 0 Å². The summed E-state index contributed by atoms with van der Waals surface area (Å²) in [6, 6.07) is 19.0. The molecule has 0 unspecified atom stereocenters. The minimum Gasteiger partial charge on any atom is -0.345 e. The van der Waals surface area contributed by atoms with Gasteiger partial charge in [0.15, 0.2) is 0 Å². The normalized spacial score (nSPS) is 12.3. The number of sulfonamides is 1. The number of hydrogen-bond donors (Lipinski definition) is 2. The van der Waals surface area contributed by atoms with Crippen LogP contribution in [0.5, 0.6) is 0 Å². The van der Waals surface area contributed by atoms with Crippen molar-refractivity contribution in [2.75, 3.05) is 4.72 Å². The predicted octanol–water partition coefficient (Wildman–Crippen LogP) is 5.64. The van der Waals surface area contributed by atoms with Gasteiger partial charge in [0.1, 0.15) is 4.90 Å². The van der Waals surface area contributed by atoms with Gasteiger partial charge in [-0.25, -0.2) is 8.42 Å². The summed E-state index contributed by atoms with van der Waals surface area (Å²) in [5.41, 5.74) is 3.78. The minimum absolute atomic E-state index is 0.0433. The lowest BCUT2D eigenvalue weighted by molar-refractivity contribution is 0.0935. The fraction of sp³-hybridized carbons (Fsp3) is 0.208. The minimum atomic E-state index is -3.97. The highest BCUT2D eigenvalue weighted by atomic mass is 35.5. The number of halogens is 1. The third kappa shape index (κ3) is 5.66. The molecule has 3 aromatic rings. The van der Waals surface area contributed by atoms with Gasteiger partial charge in [-0.3, -0.25) is 9.52 Å². The number of aryl methyl sites for hydroxylation is 2. The van der Waals surface area contributed by atoms with E-state index in [0.29, 0.717) is 12.1 Å². The average molecular weight is 457 g/mol. The second-order valence-corrected chi connectivity index (χ2v) is 9.52. The monoisotopic (exact) mass is 456 g/mol. The standard InChI is InChI=1S/C24H25ClN2O3S/c1-4-22(18-9-5-16(2)6-10-18)26-24(28)19-11-14-21(25)23(15-19)31(29,30)27-20-12-7-17(3)8-13-20/h5-15,22,27H,4H2,1-3H3,(H,26,28)/t22-/m0/s1. The molecule has 0 aromatic heterocycles. The van der Waals surface area contributed by atoms with E-state index >= 15 is 0 Å². The summed E-state index contributed by atoms with van der Waals surface area (Å²) in [6.45, 7) is 5.90. The Balaban J connectivity index is 1.84. The number of hydrogen-bond acceptors (Lipinski definition) is 3. The Morgan fingerprint density at radius 2 is 1.52 bits per heavy atom. The Morgan fingerprint density at radius 3 is 2.10 bits per heavy atom. The molecule has 162 valence electrons. The predicted molar refractivity (Wildman–Crippen MR) is 125 cm³/mol. The molecule has 3 rings (SSSR count). The molecule has 0 fully saturated rings. The summed E-state index contributed by atoms with van der Waals surface area (Å²) in [7, 11) is -3.97. The van der Waals surface area contributed by atoms with Crippen LogP contribution in [0.2, 0.25) is 5.02 Å². The lowest BCUT2D eigenvalue weighted by Gasteiger charge is -2.18. The molecule has 0 aliphatic rings. The van der Waals surface area contributed by atoms with Crippen LogP contribution >= 0.6 is 11.6 Å². The van der Waals surface area contributed by atoms with E-state index in [1.54, 1.807) is 24.3 Å². The van der Waals surface area contributed by atoms with Crippen LogP contribution in [0.1, 0.15) is 46.4 Å². The molecular weight excluding hydrogens is 432 g/mol. The van der Waals surface area contributed by atoms with Gasteiger partial charge in [0.05, 0.1) is 11.1 Å². The van der Waals surface area contributed by atoms with Gasteiger partial charge < -0.3 is 5.32 Å². The number of rotatable bonds is 7. The molecule has 0 bridgehead atoms. The van der Waals surface area contributed by atoms with Crippen molar-refractivity contribution < 1.29 is 13.2 Å². The van der Waals surface area contributed by atoms with Crippen molar-refractivity contribution in [1.29, 1.82) is 0 Å². The average Bonchev–Trinajstić information content (AvgIpc) is 2.74. The van der Waals surface area contributed by atoms with Crippen molar-refractivity contribution in [3.63, 3.8) is 0 Å². The molecule has 2 N–H and O–H groups in total. The fourth-order valence-corrected chi connectivity index (χ4v) is 4.73. The summed E-state index contributed by atoms with van der Waals surface area (Å²) in [5.74, 6) is -0.365. The summed E-state index contributed by atoms with van der Waals surface area (Å²) in [6.07, 6.45) is 0.697. The number of nitrogens with one attached hydrogen (secondary N) is 2. The first-order valence-electron chi connectivity index (χ1n) is 9.96. The zero-order chi connectivity index (χ0) is 22.6. The van der Waals surface area contributed by atoms with Crippen LogP contribution in [0.15, 0.2) is 71.6 Å². The van der Waals surface area contributed by atoms with E-state index in [0.717, 1.165) is 16.7 Å². The largest absolute Gasteiger partial charge is 0.345 e. The van der Waals surface area contributed by atoms with Gasteiger partial charge in [0, 0.05) is 11.3 Å². The van der Waals surface area contributed by atoms with Gasteiger partial charge in [-0.1, -0.05) is 66.0 Å². The second-order valence-electron chi connectivity index (χ2n) is 7.46. The van der Waals surface area contributed by atoms with Crippen molar-refractivity contribution in [3.8, 4) is 0 Å². The summed E-state index contributed by atoms with van der Waals surface area (Å²) in [5, 5.41) is 3.02. The Bertz CT molecular complexity index is 1170. The van der Waals surface area contributed by atoms with Gasteiger partial charge in [-0.15, -0.1) is 0 Å². The Labute approximate surface area is 188 Å². The van der Waals surface area contributed by atoms with Crippen LogP contribution in [-0.4, -0.2) is 14.3 Å². The van der Waals surface area contributed by atoms with Crippen molar-refractivity contribution >= 4 is 33.2 Å². The smallest absolute Gasteiger partial charge is 0.263 e. The number of anilines is 1. The van der Waals surface area contributed by atoms with Gasteiger partial charge in [-0.05, 0) is 56.2 Å². The van der Waals surface area contributed by atoms with Crippen molar-refractivity contribution in [2.45, 2.75) is 38.1 Å². The Morgan fingerprint density at radius 1 is 0.935 bits per heavy atom. The first kappa shape index (κ1) is 22.8. The van der Waals surface area contributed by atoms with Crippen molar-refractivity contribution in [3.05, 3.63) is 94.0 Å². The van der Waals surface area contributed by atoms with Crippen LogP contribution in [0.25, 0.3) is 0 Å². The summed E-state index contributed by atoms with van der Waals surface area (Å²) >= 11 is 6.17. The fourth-order valence-electron chi connectivity index (χ4n) is 3.14. The molecule has 31 heavy (non-hydrogen) atoms. The summed E-state index contributed by atoms with van der Waals surface area (Å²) < 4.78 is 28.3. The van der Waals surface area contributed by atoms with Gasteiger partial charge in [-0.2, -0.15) is 0 Å². The number of carbonyl (C=O) groups is 1. The highest BCUT2D eigenvalue weighted by molar-refractivity contribution is 7.92. The first-order valence-corrected chi connectivity index (χ1v) is 11.8.